The summed E-state index contributed by atoms with van der Waals surface area (Å²) in [6, 6.07) is 0. The van der Waals surface area contributed by atoms with Gasteiger partial charge in [-0.25, -0.2) is 4.79 Å². The standard InChI is InChI=1S/C12H19NO2/c1-2-3-6-13-12(14)15-11-8-9-4-5-10(11)7-9/h4-5,9-11H,2-3,6-8H2,1H3,(H,13,14). The quantitative estimate of drug-likeness (QED) is 0.570. The summed E-state index contributed by atoms with van der Waals surface area (Å²) in [6.07, 6.45) is 8.63. The van der Waals surface area contributed by atoms with Crippen molar-refractivity contribution in [3.05, 3.63) is 12.2 Å². The number of amides is 1. The van der Waals surface area contributed by atoms with Crippen molar-refractivity contribution in [1.29, 1.82) is 0 Å². The molecule has 0 aromatic rings. The summed E-state index contributed by atoms with van der Waals surface area (Å²) >= 11 is 0. The Labute approximate surface area is 90.9 Å². The Morgan fingerprint density at radius 3 is 2.93 bits per heavy atom. The van der Waals surface area contributed by atoms with Crippen molar-refractivity contribution >= 4 is 6.09 Å². The van der Waals surface area contributed by atoms with Crippen LogP contribution in [0.1, 0.15) is 32.6 Å². The molecule has 3 heteroatoms. The van der Waals surface area contributed by atoms with Crippen LogP contribution < -0.4 is 5.32 Å². The van der Waals surface area contributed by atoms with Crippen LogP contribution in [0, 0.1) is 11.8 Å². The zero-order valence-corrected chi connectivity index (χ0v) is 9.24. The molecule has 0 saturated heterocycles. The molecule has 2 bridgehead atoms. The first-order valence-electron chi connectivity index (χ1n) is 5.92. The number of carbonyl (C=O) groups is 1. The third-order valence-electron chi connectivity index (χ3n) is 3.28. The van der Waals surface area contributed by atoms with E-state index in [9.17, 15) is 4.79 Å². The van der Waals surface area contributed by atoms with E-state index in [-0.39, 0.29) is 12.2 Å². The van der Waals surface area contributed by atoms with Gasteiger partial charge in [0.25, 0.3) is 0 Å². The smallest absolute Gasteiger partial charge is 0.407 e. The molecule has 3 atom stereocenters. The lowest BCUT2D eigenvalue weighted by molar-refractivity contribution is 0.0836. The second-order valence-corrected chi connectivity index (χ2v) is 4.50. The Morgan fingerprint density at radius 1 is 1.47 bits per heavy atom. The van der Waals surface area contributed by atoms with Crippen molar-refractivity contribution in [1.82, 2.24) is 5.32 Å². The summed E-state index contributed by atoms with van der Waals surface area (Å²) in [5.74, 6) is 1.13. The number of hydrogen-bond acceptors (Lipinski definition) is 2. The normalized spacial score (nSPS) is 31.9. The third-order valence-corrected chi connectivity index (χ3v) is 3.28. The Balaban J connectivity index is 1.69. The van der Waals surface area contributed by atoms with E-state index in [4.69, 9.17) is 4.74 Å². The summed E-state index contributed by atoms with van der Waals surface area (Å²) in [4.78, 5) is 11.4. The molecule has 84 valence electrons. The zero-order chi connectivity index (χ0) is 10.7. The number of hydrogen-bond donors (Lipinski definition) is 1. The highest BCUT2D eigenvalue weighted by molar-refractivity contribution is 5.67. The van der Waals surface area contributed by atoms with Crippen LogP contribution in [0.4, 0.5) is 4.79 Å². The molecule has 15 heavy (non-hydrogen) atoms. The van der Waals surface area contributed by atoms with Crippen LogP contribution >= 0.6 is 0 Å². The van der Waals surface area contributed by atoms with E-state index in [1.165, 1.54) is 6.42 Å². The fraction of sp³-hybridized carbons (Fsp3) is 0.750. The molecular weight excluding hydrogens is 190 g/mol. The largest absolute Gasteiger partial charge is 0.446 e. The number of carbonyl (C=O) groups excluding carboxylic acids is 1. The van der Waals surface area contributed by atoms with Crippen molar-refractivity contribution in [2.24, 2.45) is 11.8 Å². The van der Waals surface area contributed by atoms with Gasteiger partial charge in [0.2, 0.25) is 0 Å². The average molecular weight is 209 g/mol. The van der Waals surface area contributed by atoms with Crippen LogP contribution in [-0.2, 0) is 4.74 Å². The van der Waals surface area contributed by atoms with E-state index in [0.717, 1.165) is 25.8 Å². The summed E-state index contributed by atoms with van der Waals surface area (Å²) < 4.78 is 5.39. The molecule has 2 aliphatic carbocycles. The van der Waals surface area contributed by atoms with Gasteiger partial charge in [-0.2, -0.15) is 0 Å². The maximum Gasteiger partial charge on any atom is 0.407 e. The Morgan fingerprint density at radius 2 is 2.33 bits per heavy atom. The molecule has 0 spiro atoms. The van der Waals surface area contributed by atoms with Crippen LogP contribution in [-0.4, -0.2) is 18.7 Å². The van der Waals surface area contributed by atoms with E-state index >= 15 is 0 Å². The van der Waals surface area contributed by atoms with E-state index in [1.807, 2.05) is 0 Å². The fourth-order valence-electron chi connectivity index (χ4n) is 2.41. The lowest BCUT2D eigenvalue weighted by atomic mass is 10.1. The van der Waals surface area contributed by atoms with Crippen LogP contribution in [0.3, 0.4) is 0 Å². The first-order chi connectivity index (χ1) is 7.29. The highest BCUT2D eigenvalue weighted by atomic mass is 16.6. The maximum atomic E-state index is 11.4. The molecule has 3 unspecified atom stereocenters. The molecule has 0 aliphatic heterocycles. The monoisotopic (exact) mass is 209 g/mol. The molecule has 1 amide bonds. The summed E-state index contributed by atoms with van der Waals surface area (Å²) in [5.41, 5.74) is 0. The lowest BCUT2D eigenvalue weighted by Crippen LogP contribution is -2.31. The van der Waals surface area contributed by atoms with Crippen LogP contribution in [0.25, 0.3) is 0 Å². The van der Waals surface area contributed by atoms with Gasteiger partial charge in [0, 0.05) is 12.5 Å². The fourth-order valence-corrected chi connectivity index (χ4v) is 2.41. The second kappa shape index (κ2) is 4.69. The van der Waals surface area contributed by atoms with Crippen molar-refractivity contribution in [3.8, 4) is 0 Å². The van der Waals surface area contributed by atoms with Gasteiger partial charge in [0.15, 0.2) is 0 Å². The first kappa shape index (κ1) is 10.5. The molecule has 0 aromatic carbocycles. The number of rotatable bonds is 4. The van der Waals surface area contributed by atoms with Crippen LogP contribution in [0.15, 0.2) is 12.2 Å². The van der Waals surface area contributed by atoms with Gasteiger partial charge in [0.05, 0.1) is 0 Å². The lowest BCUT2D eigenvalue weighted by Gasteiger charge is -2.18. The minimum Gasteiger partial charge on any atom is -0.446 e. The van der Waals surface area contributed by atoms with Crippen molar-refractivity contribution in [2.75, 3.05) is 6.54 Å². The van der Waals surface area contributed by atoms with Gasteiger partial charge < -0.3 is 10.1 Å². The SMILES string of the molecule is CCCCNC(=O)OC1CC2C=CC1C2. The van der Waals surface area contributed by atoms with Crippen LogP contribution in [0.5, 0.6) is 0 Å². The van der Waals surface area contributed by atoms with Gasteiger partial charge in [-0.3, -0.25) is 0 Å². The molecule has 2 aliphatic rings. The van der Waals surface area contributed by atoms with Crippen molar-refractivity contribution in [3.63, 3.8) is 0 Å². The molecule has 1 N–H and O–H groups in total. The summed E-state index contributed by atoms with van der Waals surface area (Å²) in [7, 11) is 0. The van der Waals surface area contributed by atoms with E-state index < -0.39 is 0 Å². The van der Waals surface area contributed by atoms with E-state index in [2.05, 4.69) is 24.4 Å². The molecule has 0 aromatic heterocycles. The molecule has 2 rings (SSSR count). The predicted molar refractivity (Wildman–Crippen MR) is 58.5 cm³/mol. The molecule has 1 saturated carbocycles. The number of unbranched alkanes of at least 4 members (excludes halogenated alkanes) is 1. The topological polar surface area (TPSA) is 38.3 Å². The number of fused-ring (bicyclic) bond motifs is 2. The van der Waals surface area contributed by atoms with Gasteiger partial charge in [-0.1, -0.05) is 25.5 Å². The maximum absolute atomic E-state index is 11.4. The zero-order valence-electron chi connectivity index (χ0n) is 9.24. The Kier molecular flexibility index (Phi) is 3.29. The van der Waals surface area contributed by atoms with Crippen LogP contribution in [0.2, 0.25) is 0 Å². The molecule has 0 heterocycles. The van der Waals surface area contributed by atoms with Gasteiger partial charge in [0.1, 0.15) is 6.10 Å². The number of nitrogens with one attached hydrogen (secondary N) is 1. The minimum atomic E-state index is -0.241. The third kappa shape index (κ3) is 2.52. The number of alkyl carbamates (subject to hydrolysis) is 1. The molecule has 3 nitrogen and oxygen atoms in total. The predicted octanol–water partition coefficient (Wildman–Crippen LogP) is 2.48. The molecule has 1 fully saturated rings. The van der Waals surface area contributed by atoms with E-state index in [0.29, 0.717) is 11.8 Å². The van der Waals surface area contributed by atoms with Gasteiger partial charge in [-0.05, 0) is 25.2 Å². The second-order valence-electron chi connectivity index (χ2n) is 4.50. The van der Waals surface area contributed by atoms with E-state index in [1.54, 1.807) is 0 Å². The number of allylic oxidation sites excluding steroid dienone is 1. The first-order valence-corrected chi connectivity index (χ1v) is 5.92. The number of ether oxygens (including phenoxy) is 1. The highest BCUT2D eigenvalue weighted by Crippen LogP contribution is 2.40. The van der Waals surface area contributed by atoms with Gasteiger partial charge >= 0.3 is 6.09 Å². The highest BCUT2D eigenvalue weighted by Gasteiger charge is 2.37. The molecular formula is C12H19NO2. The Hall–Kier alpha value is -0.990. The minimum absolute atomic E-state index is 0.127. The van der Waals surface area contributed by atoms with Crippen molar-refractivity contribution < 1.29 is 9.53 Å². The summed E-state index contributed by atoms with van der Waals surface area (Å²) in [6.45, 7) is 2.83. The van der Waals surface area contributed by atoms with Gasteiger partial charge in [-0.15, -0.1) is 0 Å². The molecule has 0 radical (unpaired) electrons. The van der Waals surface area contributed by atoms with Crippen molar-refractivity contribution in [2.45, 2.75) is 38.7 Å². The summed E-state index contributed by atoms with van der Waals surface area (Å²) in [5, 5.41) is 2.78. The average Bonchev–Trinajstić information content (AvgIpc) is 2.79. The Bertz CT molecular complexity index is 262.